The molecule has 0 radical (unpaired) electrons. The van der Waals surface area contributed by atoms with Gasteiger partial charge in [0.1, 0.15) is 0 Å². The topological polar surface area (TPSA) is 49.3 Å². The molecular formula is C20H24N4O. The fraction of sp³-hybridized carbons (Fsp3) is 0.450. The maximum absolute atomic E-state index is 12.4. The summed E-state index contributed by atoms with van der Waals surface area (Å²) in [5, 5.41) is 8.77. The van der Waals surface area contributed by atoms with Crippen LogP contribution < -0.4 is 4.90 Å². The molecule has 1 aromatic heterocycles. The van der Waals surface area contributed by atoms with Crippen molar-refractivity contribution in [3.05, 3.63) is 53.2 Å². The van der Waals surface area contributed by atoms with E-state index in [2.05, 4.69) is 33.3 Å². The zero-order valence-electron chi connectivity index (χ0n) is 14.5. The lowest BCUT2D eigenvalue weighted by Gasteiger charge is -2.35. The minimum absolute atomic E-state index is 0.253. The molecule has 1 amide bonds. The molecule has 1 aliphatic heterocycles. The number of carbonyl (C=O) groups excluding carboxylic acids is 1. The lowest BCUT2D eigenvalue weighted by molar-refractivity contribution is -0.131. The average Bonchev–Trinajstić information content (AvgIpc) is 3.15. The van der Waals surface area contributed by atoms with E-state index < -0.39 is 0 Å². The first-order valence-corrected chi connectivity index (χ1v) is 9.22. The smallest absolute Gasteiger partial charge is 0.223 e. The van der Waals surface area contributed by atoms with Crippen LogP contribution in [-0.2, 0) is 24.1 Å². The Morgan fingerprint density at radius 1 is 1.00 bits per heavy atom. The van der Waals surface area contributed by atoms with E-state index in [-0.39, 0.29) is 5.91 Å². The number of nitrogens with zero attached hydrogens (tertiary/aromatic N) is 4. The quantitative estimate of drug-likeness (QED) is 0.859. The van der Waals surface area contributed by atoms with Crippen LogP contribution in [0, 0.1) is 0 Å². The Balaban J connectivity index is 1.30. The summed E-state index contributed by atoms with van der Waals surface area (Å²) < 4.78 is 0. The molecule has 0 spiro atoms. The van der Waals surface area contributed by atoms with Gasteiger partial charge in [0.05, 0.1) is 5.69 Å². The summed E-state index contributed by atoms with van der Waals surface area (Å²) in [6.07, 6.45) is 4.78. The highest BCUT2D eigenvalue weighted by Crippen LogP contribution is 2.23. The molecule has 1 fully saturated rings. The number of anilines is 1. The Hall–Kier alpha value is -2.43. The van der Waals surface area contributed by atoms with Gasteiger partial charge in [-0.25, -0.2) is 0 Å². The molecule has 130 valence electrons. The molecule has 0 atom stereocenters. The SMILES string of the molecule is O=C(CCc1ccccc1)N1CCN(c2cc3c(nn2)CCC3)CC1. The molecule has 2 heterocycles. The summed E-state index contributed by atoms with van der Waals surface area (Å²) in [5.41, 5.74) is 3.74. The van der Waals surface area contributed by atoms with E-state index in [1.54, 1.807) is 0 Å². The van der Waals surface area contributed by atoms with Gasteiger partial charge in [-0.1, -0.05) is 30.3 Å². The number of hydrogen-bond donors (Lipinski definition) is 0. The molecule has 0 saturated carbocycles. The summed E-state index contributed by atoms with van der Waals surface area (Å²) in [6, 6.07) is 12.4. The number of fused-ring (bicyclic) bond motifs is 1. The van der Waals surface area contributed by atoms with Crippen LogP contribution in [0.3, 0.4) is 0 Å². The number of aryl methyl sites for hydroxylation is 3. The Bertz CT molecular complexity index is 739. The first-order chi connectivity index (χ1) is 12.3. The van der Waals surface area contributed by atoms with Crippen LogP contribution in [0.4, 0.5) is 5.82 Å². The van der Waals surface area contributed by atoms with Gasteiger partial charge in [-0.15, -0.1) is 5.10 Å². The van der Waals surface area contributed by atoms with Gasteiger partial charge in [0.15, 0.2) is 5.82 Å². The van der Waals surface area contributed by atoms with Gasteiger partial charge in [0.25, 0.3) is 0 Å². The minimum Gasteiger partial charge on any atom is -0.352 e. The van der Waals surface area contributed by atoms with Gasteiger partial charge in [-0.2, -0.15) is 5.10 Å². The fourth-order valence-electron chi connectivity index (χ4n) is 3.71. The third-order valence-electron chi connectivity index (χ3n) is 5.23. The van der Waals surface area contributed by atoms with Crippen molar-refractivity contribution in [2.24, 2.45) is 0 Å². The zero-order chi connectivity index (χ0) is 17.1. The normalized spacial score (nSPS) is 16.8. The van der Waals surface area contributed by atoms with Crippen LogP contribution in [0.5, 0.6) is 0 Å². The van der Waals surface area contributed by atoms with Crippen molar-refractivity contribution in [1.29, 1.82) is 0 Å². The van der Waals surface area contributed by atoms with Gasteiger partial charge in [0.2, 0.25) is 5.91 Å². The van der Waals surface area contributed by atoms with E-state index in [1.807, 2.05) is 23.1 Å². The van der Waals surface area contributed by atoms with Crippen molar-refractivity contribution in [2.45, 2.75) is 32.1 Å². The van der Waals surface area contributed by atoms with E-state index in [0.29, 0.717) is 6.42 Å². The van der Waals surface area contributed by atoms with Crippen molar-refractivity contribution in [1.82, 2.24) is 15.1 Å². The highest BCUT2D eigenvalue weighted by molar-refractivity contribution is 5.76. The number of hydrogen-bond acceptors (Lipinski definition) is 4. The summed E-state index contributed by atoms with van der Waals surface area (Å²) in [4.78, 5) is 16.7. The standard InChI is InChI=1S/C20H24N4O/c25-20(10-9-16-5-2-1-3-6-16)24-13-11-23(12-14-24)19-15-17-7-4-8-18(17)21-22-19/h1-3,5-6,15H,4,7-14H2. The van der Waals surface area contributed by atoms with E-state index >= 15 is 0 Å². The summed E-state index contributed by atoms with van der Waals surface area (Å²) in [6.45, 7) is 3.22. The fourth-order valence-corrected chi connectivity index (χ4v) is 3.71. The van der Waals surface area contributed by atoms with Gasteiger partial charge < -0.3 is 9.80 Å². The average molecular weight is 336 g/mol. The van der Waals surface area contributed by atoms with E-state index in [1.165, 1.54) is 23.2 Å². The Morgan fingerprint density at radius 3 is 2.60 bits per heavy atom. The third kappa shape index (κ3) is 3.65. The molecule has 5 nitrogen and oxygen atoms in total. The number of aromatic nitrogens is 2. The molecule has 1 aliphatic carbocycles. The van der Waals surface area contributed by atoms with E-state index in [4.69, 9.17) is 0 Å². The highest BCUT2D eigenvalue weighted by atomic mass is 16.2. The van der Waals surface area contributed by atoms with E-state index in [9.17, 15) is 4.79 Å². The second kappa shape index (κ2) is 7.21. The monoisotopic (exact) mass is 336 g/mol. The van der Waals surface area contributed by atoms with Crippen LogP contribution in [0.2, 0.25) is 0 Å². The predicted molar refractivity (Wildman–Crippen MR) is 97.6 cm³/mol. The molecule has 5 heteroatoms. The maximum atomic E-state index is 12.4. The number of amides is 1. The largest absolute Gasteiger partial charge is 0.352 e. The molecular weight excluding hydrogens is 312 g/mol. The zero-order valence-corrected chi connectivity index (χ0v) is 14.5. The molecule has 0 unspecified atom stereocenters. The van der Waals surface area contributed by atoms with Crippen LogP contribution in [0.1, 0.15) is 29.7 Å². The van der Waals surface area contributed by atoms with Gasteiger partial charge in [-0.05, 0) is 42.9 Å². The van der Waals surface area contributed by atoms with Crippen molar-refractivity contribution in [3.63, 3.8) is 0 Å². The van der Waals surface area contributed by atoms with Crippen LogP contribution in [-0.4, -0.2) is 47.2 Å². The number of rotatable bonds is 4. The van der Waals surface area contributed by atoms with Crippen molar-refractivity contribution in [2.75, 3.05) is 31.1 Å². The second-order valence-electron chi connectivity index (χ2n) is 6.88. The first-order valence-electron chi connectivity index (χ1n) is 9.22. The molecule has 0 N–H and O–H groups in total. The Kier molecular flexibility index (Phi) is 4.63. The predicted octanol–water partition coefficient (Wildman–Crippen LogP) is 2.25. The number of carbonyl (C=O) groups is 1. The number of benzene rings is 1. The van der Waals surface area contributed by atoms with Crippen LogP contribution in [0.15, 0.2) is 36.4 Å². The molecule has 2 aliphatic rings. The Morgan fingerprint density at radius 2 is 1.80 bits per heavy atom. The molecule has 1 saturated heterocycles. The summed E-state index contributed by atoms with van der Waals surface area (Å²) in [5.74, 6) is 1.22. The van der Waals surface area contributed by atoms with Crippen LogP contribution in [0.25, 0.3) is 0 Å². The third-order valence-corrected chi connectivity index (χ3v) is 5.23. The molecule has 0 bridgehead atoms. The van der Waals surface area contributed by atoms with E-state index in [0.717, 1.165) is 51.3 Å². The summed E-state index contributed by atoms with van der Waals surface area (Å²) >= 11 is 0. The maximum Gasteiger partial charge on any atom is 0.223 e. The summed E-state index contributed by atoms with van der Waals surface area (Å²) in [7, 11) is 0. The molecule has 1 aromatic carbocycles. The van der Waals surface area contributed by atoms with Crippen LogP contribution >= 0.6 is 0 Å². The van der Waals surface area contributed by atoms with Gasteiger partial charge in [-0.3, -0.25) is 4.79 Å². The molecule has 2 aromatic rings. The van der Waals surface area contributed by atoms with Crippen molar-refractivity contribution < 1.29 is 4.79 Å². The number of piperazine rings is 1. The minimum atomic E-state index is 0.253. The lowest BCUT2D eigenvalue weighted by Crippen LogP contribution is -2.49. The second-order valence-corrected chi connectivity index (χ2v) is 6.88. The molecule has 25 heavy (non-hydrogen) atoms. The first kappa shape index (κ1) is 16.1. The Labute approximate surface area is 148 Å². The lowest BCUT2D eigenvalue weighted by atomic mass is 10.1. The van der Waals surface area contributed by atoms with Crippen molar-refractivity contribution in [3.8, 4) is 0 Å². The highest BCUT2D eigenvalue weighted by Gasteiger charge is 2.23. The van der Waals surface area contributed by atoms with Gasteiger partial charge in [0, 0.05) is 32.6 Å². The van der Waals surface area contributed by atoms with Gasteiger partial charge >= 0.3 is 0 Å². The van der Waals surface area contributed by atoms with Crippen molar-refractivity contribution >= 4 is 11.7 Å². The molecule has 4 rings (SSSR count).